The maximum atomic E-state index is 14.8. The number of thioether (sulfide) groups is 1. The lowest BCUT2D eigenvalue weighted by atomic mass is 9.97. The van der Waals surface area contributed by atoms with Gasteiger partial charge in [0.05, 0.1) is 25.1 Å². The molecule has 17 amide bonds. The summed E-state index contributed by atoms with van der Waals surface area (Å²) in [4.78, 5) is 293. The van der Waals surface area contributed by atoms with Crippen molar-refractivity contribution in [2.75, 3.05) is 18.6 Å². The molecule has 2 rings (SSSR count). The number of nitrogens with two attached hydrogens (primary N) is 4. The van der Waals surface area contributed by atoms with Crippen molar-refractivity contribution in [1.82, 2.24) is 74.4 Å². The number of aliphatic carboxylic acids is 5. The number of amides is 17. The van der Waals surface area contributed by atoms with Crippen LogP contribution in [0, 0.1) is 17.8 Å². The van der Waals surface area contributed by atoms with Gasteiger partial charge < -0.3 is 128 Å². The number of carbonyl (C=O) groups excluding carboxylic acids is 17. The highest BCUT2D eigenvalue weighted by atomic mass is 32.2. The normalized spacial score (nSPS) is 14.8. The second kappa shape index (κ2) is 56.8. The minimum Gasteiger partial charge on any atom is -0.481 e. The van der Waals surface area contributed by atoms with Crippen molar-refractivity contribution < 1.29 is 136 Å². The third-order valence-corrected chi connectivity index (χ3v) is 20.1. The van der Waals surface area contributed by atoms with Crippen LogP contribution >= 0.6 is 11.8 Å². The number of aliphatic hydroxyl groups excluding tert-OH is 1. The Bertz CT molecular complexity index is 4160. The number of nitrogens with one attached hydrogen (secondary N) is 14. The lowest BCUT2D eigenvalue weighted by Crippen LogP contribution is -2.62. The fourth-order valence-corrected chi connectivity index (χ4v) is 12.7. The monoisotopic (exact) mass is 1810 g/mol. The van der Waals surface area contributed by atoms with Crippen molar-refractivity contribution in [2.24, 2.45) is 40.7 Å². The van der Waals surface area contributed by atoms with Crippen LogP contribution in [-0.4, -0.2) is 270 Å². The second-order valence-electron chi connectivity index (χ2n) is 30.9. The Morgan fingerprint density at radius 2 is 0.685 bits per heavy atom. The Kier molecular flexibility index (Phi) is 49.3. The molecule has 0 aromatic heterocycles. The molecule has 0 bridgehead atoms. The molecular formula is C80H120N18O28S. The number of benzene rings is 2. The van der Waals surface area contributed by atoms with Crippen molar-refractivity contribution in [1.29, 1.82) is 0 Å². The summed E-state index contributed by atoms with van der Waals surface area (Å²) < 4.78 is 0. The first-order chi connectivity index (χ1) is 59.6. The first-order valence-corrected chi connectivity index (χ1v) is 42.1. The molecule has 0 saturated heterocycles. The maximum Gasteiger partial charge on any atom is 0.326 e. The van der Waals surface area contributed by atoms with E-state index in [1.54, 1.807) is 87.7 Å². The highest BCUT2D eigenvalue weighted by Gasteiger charge is 2.40. The summed E-state index contributed by atoms with van der Waals surface area (Å²) in [5.74, 6) is -28.4. The average molecular weight is 1810 g/mol. The number of carboxylic acid groups (broad SMARTS) is 5. The van der Waals surface area contributed by atoms with E-state index in [0.717, 1.165) is 6.92 Å². The van der Waals surface area contributed by atoms with Crippen LogP contribution in [0.25, 0.3) is 0 Å². The molecule has 16 atom stereocenters. The molecule has 127 heavy (non-hydrogen) atoms. The number of aliphatic hydroxyl groups is 1. The summed E-state index contributed by atoms with van der Waals surface area (Å²) in [5.41, 5.74) is 23.1. The molecule has 0 saturated carbocycles. The van der Waals surface area contributed by atoms with Gasteiger partial charge in [0, 0.05) is 44.9 Å². The lowest BCUT2D eigenvalue weighted by molar-refractivity contribution is -0.143. The highest BCUT2D eigenvalue weighted by Crippen LogP contribution is 2.17. The van der Waals surface area contributed by atoms with Gasteiger partial charge in [-0.1, -0.05) is 109 Å². The predicted molar refractivity (Wildman–Crippen MR) is 451 cm³/mol. The number of hydrogen-bond acceptors (Lipinski definition) is 25. The number of carboxylic acids is 5. The van der Waals surface area contributed by atoms with Crippen LogP contribution < -0.4 is 97.4 Å². The molecule has 0 spiro atoms. The zero-order chi connectivity index (χ0) is 96.1. The van der Waals surface area contributed by atoms with Gasteiger partial charge in [0.1, 0.15) is 78.5 Å². The minimum absolute atomic E-state index is 0.0325. The summed E-state index contributed by atoms with van der Waals surface area (Å²) in [6.07, 6.45) is -9.56. The standard InChI is InChI=1S/C80H120N18O28S/c1-9-41(6)65(97-79(124)66(42(7)99)98-73(118)50(25-31-63(110)111)88-69(114)47(22-28-60(104)105)89-76(121)55(37-58(84)102)93-67(112)45(81)35-43-16-12-10-13-17-43)77(122)85-38-59(103)86-46(20-26-56(82)100)68(113)95-54(36-44-18-14-11-15-19-44)75(120)94-53(34-39(2)3)74(119)90-49(24-30-62(108)109)72(117)96-64(40(4)5)78(123)91-51(32-33-127-8)71(116)87-48(23-29-61(106)107)70(115)92-52(80(125)126)21-27-57(83)101/h10-19,39-42,45-55,64-66,99H,9,20-38,81H2,1-8H3,(H2,82,100)(H2,83,101)(H2,84,102)(H,85,122)(H,86,103)(H,87,116)(H,88,114)(H,89,121)(H,90,119)(H,91,123)(H,92,115)(H,93,112)(H,94,120)(H,95,113)(H,96,117)(H,97,124)(H,98,118)(H,104,105)(H,106,107)(H,108,109)(H,110,111)(H,125,126)/t41-,42+,45-,46-,47-,48-,49-,50-,51-,52-,53-,54-,55-,64-,65-,66-/m0/s1. The molecular weight excluding hydrogens is 1690 g/mol. The zero-order valence-electron chi connectivity index (χ0n) is 71.7. The molecule has 46 nitrogen and oxygen atoms in total. The van der Waals surface area contributed by atoms with Crippen LogP contribution in [0.3, 0.4) is 0 Å². The Hall–Kier alpha value is -12.9. The Morgan fingerprint density at radius 3 is 1.08 bits per heavy atom. The molecule has 0 aliphatic carbocycles. The molecule has 0 aliphatic heterocycles. The van der Waals surface area contributed by atoms with E-state index in [0.29, 0.717) is 11.1 Å². The summed E-state index contributed by atoms with van der Waals surface area (Å²) in [6.45, 7) is 9.33. The lowest BCUT2D eigenvalue weighted by Gasteiger charge is -2.29. The van der Waals surface area contributed by atoms with Gasteiger partial charge in [-0.25, -0.2) is 4.79 Å². The van der Waals surface area contributed by atoms with Gasteiger partial charge in [0.25, 0.3) is 0 Å². The average Bonchev–Trinajstić information content (AvgIpc) is 0.849. The molecule has 0 unspecified atom stereocenters. The SMILES string of the molecule is CC[C@H](C)[C@H](NC(=O)[C@@H](NC(=O)[C@H](CCC(=O)O)NC(=O)[C@H](CCC(=O)O)NC(=O)[C@H](CC(N)=O)NC(=O)[C@@H](N)Cc1ccccc1)[C@@H](C)O)C(=O)NCC(=O)N[C@@H](CCC(N)=O)C(=O)N[C@@H](Cc1ccccc1)C(=O)N[C@@H](CC(C)C)C(=O)N[C@@H](CCC(=O)O)C(=O)N[C@H](C(=O)N[C@@H](CCSC)C(=O)N[C@@H](CCC(=O)O)C(=O)N[C@@H](CCC(N)=O)C(=O)O)C(C)C. The van der Waals surface area contributed by atoms with Gasteiger partial charge in [-0.05, 0) is 106 Å². The quantitative estimate of drug-likeness (QED) is 0.0293. The van der Waals surface area contributed by atoms with Crippen LogP contribution in [0.1, 0.15) is 162 Å². The molecule has 2 aromatic rings. The van der Waals surface area contributed by atoms with E-state index in [4.69, 9.17) is 22.9 Å². The molecule has 0 heterocycles. The molecule has 28 N–H and O–H groups in total. The van der Waals surface area contributed by atoms with E-state index in [1.807, 2.05) is 0 Å². The van der Waals surface area contributed by atoms with Gasteiger partial charge in [0.15, 0.2) is 0 Å². The van der Waals surface area contributed by atoms with E-state index < -0.39 is 329 Å². The molecule has 2 aromatic carbocycles. The van der Waals surface area contributed by atoms with Gasteiger partial charge >= 0.3 is 29.8 Å². The van der Waals surface area contributed by atoms with Gasteiger partial charge in [0.2, 0.25) is 100 Å². The van der Waals surface area contributed by atoms with Gasteiger partial charge in [-0.15, -0.1) is 0 Å². The largest absolute Gasteiger partial charge is 0.481 e. The first-order valence-electron chi connectivity index (χ1n) is 40.7. The maximum absolute atomic E-state index is 14.8. The fourth-order valence-electron chi connectivity index (χ4n) is 12.2. The number of primary amides is 3. The first kappa shape index (κ1) is 110. The smallest absolute Gasteiger partial charge is 0.326 e. The van der Waals surface area contributed by atoms with Crippen LogP contribution in [0.15, 0.2) is 60.7 Å². The fraction of sp³-hybridized carbons (Fsp3) is 0.575. The third-order valence-electron chi connectivity index (χ3n) is 19.4. The van der Waals surface area contributed by atoms with Crippen molar-refractivity contribution in [3.8, 4) is 0 Å². The van der Waals surface area contributed by atoms with Crippen molar-refractivity contribution in [3.63, 3.8) is 0 Å². The molecule has 0 aliphatic rings. The van der Waals surface area contributed by atoms with E-state index in [1.165, 1.54) is 32.5 Å². The summed E-state index contributed by atoms with van der Waals surface area (Å²) in [7, 11) is 0. The van der Waals surface area contributed by atoms with E-state index >= 15 is 0 Å². The van der Waals surface area contributed by atoms with Crippen molar-refractivity contribution in [2.45, 2.75) is 255 Å². The Labute approximate surface area is 735 Å². The van der Waals surface area contributed by atoms with Crippen molar-refractivity contribution >= 4 is 142 Å². The molecule has 0 radical (unpaired) electrons. The predicted octanol–water partition coefficient (Wildman–Crippen LogP) is -5.95. The Morgan fingerprint density at radius 1 is 0.354 bits per heavy atom. The summed E-state index contributed by atoms with van der Waals surface area (Å²) >= 11 is 1.22. The number of hydrogen-bond donors (Lipinski definition) is 24. The number of rotatable bonds is 62. The highest BCUT2D eigenvalue weighted by molar-refractivity contribution is 7.98. The minimum atomic E-state index is -2.04. The molecule has 47 heteroatoms. The van der Waals surface area contributed by atoms with Crippen LogP contribution in [-0.2, 0) is 118 Å². The van der Waals surface area contributed by atoms with E-state index in [9.17, 15) is 136 Å². The topological polar surface area (TPSA) is 769 Å². The van der Waals surface area contributed by atoms with Crippen LogP contribution in [0.4, 0.5) is 0 Å². The zero-order valence-corrected chi connectivity index (χ0v) is 72.5. The van der Waals surface area contributed by atoms with Gasteiger partial charge in [-0.3, -0.25) is 101 Å². The summed E-state index contributed by atoms with van der Waals surface area (Å²) in [6, 6.07) is -7.61. The Balaban J connectivity index is 2.50. The van der Waals surface area contributed by atoms with E-state index in [-0.39, 0.29) is 37.9 Å². The third kappa shape index (κ3) is 43.0. The summed E-state index contributed by atoms with van der Waals surface area (Å²) in [5, 5.41) is 92.1. The van der Waals surface area contributed by atoms with Crippen LogP contribution in [0.2, 0.25) is 0 Å². The second-order valence-corrected chi connectivity index (χ2v) is 31.8. The molecule has 0 fully saturated rings. The van der Waals surface area contributed by atoms with Crippen LogP contribution in [0.5, 0.6) is 0 Å². The molecule has 704 valence electrons. The van der Waals surface area contributed by atoms with Crippen molar-refractivity contribution in [3.05, 3.63) is 71.8 Å². The van der Waals surface area contributed by atoms with Gasteiger partial charge in [-0.2, -0.15) is 11.8 Å². The number of carbonyl (C=O) groups is 22. The van der Waals surface area contributed by atoms with E-state index in [2.05, 4.69) is 74.4 Å².